The zero-order chi connectivity index (χ0) is 18.9. The molecule has 0 amide bonds. The molecule has 5 nitrogen and oxygen atoms in total. The Morgan fingerprint density at radius 1 is 0.852 bits per heavy atom. The van der Waals surface area contributed by atoms with Gasteiger partial charge in [-0.05, 0) is 35.9 Å². The summed E-state index contributed by atoms with van der Waals surface area (Å²) in [5.41, 5.74) is 4.07. The van der Waals surface area contributed by atoms with Crippen molar-refractivity contribution in [3.63, 3.8) is 0 Å². The Kier molecular flexibility index (Phi) is 7.07. The van der Waals surface area contributed by atoms with Gasteiger partial charge in [0.1, 0.15) is 0 Å². The fourth-order valence-electron chi connectivity index (χ4n) is 2.66. The number of pyridine rings is 3. The Hall–Kier alpha value is -2.57. The molecule has 0 aliphatic heterocycles. The van der Waals surface area contributed by atoms with Crippen molar-refractivity contribution in [3.05, 3.63) is 89.8 Å². The van der Waals surface area contributed by atoms with Gasteiger partial charge in [0.05, 0.1) is 17.1 Å². The van der Waals surface area contributed by atoms with Crippen molar-refractivity contribution >= 4 is 16.9 Å². The molecule has 0 atom stereocenters. The number of aromatic nitrogens is 3. The van der Waals surface area contributed by atoms with Gasteiger partial charge in [0.2, 0.25) is 0 Å². The molecule has 3 rings (SSSR count). The summed E-state index contributed by atoms with van der Waals surface area (Å²) in [6.07, 6.45) is 5.48. The number of thioether (sulfide) groups is 1. The van der Waals surface area contributed by atoms with Crippen LogP contribution in [0.15, 0.2) is 67.1 Å². The number of carbonyl (C=O) groups excluding carboxylic acids is 1. The monoisotopic (exact) mass is 378 g/mol. The van der Waals surface area contributed by atoms with Crippen LogP contribution in [-0.2, 0) is 30.2 Å². The zero-order valence-corrected chi connectivity index (χ0v) is 16.1. The van der Waals surface area contributed by atoms with Crippen LogP contribution in [0.4, 0.5) is 0 Å². The van der Waals surface area contributed by atoms with Crippen molar-refractivity contribution in [2.75, 3.05) is 0 Å². The van der Waals surface area contributed by atoms with Crippen LogP contribution in [0.25, 0.3) is 0 Å². The van der Waals surface area contributed by atoms with E-state index in [1.54, 1.807) is 6.92 Å². The number of carbonyl (C=O) groups is 1. The Morgan fingerprint density at radius 2 is 1.44 bits per heavy atom. The lowest BCUT2D eigenvalue weighted by Gasteiger charge is -2.21. The Balaban J connectivity index is 1.69. The van der Waals surface area contributed by atoms with E-state index in [2.05, 4.69) is 19.9 Å². The Bertz CT molecular complexity index is 800. The van der Waals surface area contributed by atoms with E-state index in [1.807, 2.05) is 67.1 Å². The molecule has 0 saturated carbocycles. The summed E-state index contributed by atoms with van der Waals surface area (Å²) < 4.78 is 0. The Morgan fingerprint density at radius 3 is 1.89 bits per heavy atom. The molecule has 0 N–H and O–H groups in total. The molecule has 0 unspecified atom stereocenters. The van der Waals surface area contributed by atoms with E-state index in [1.165, 1.54) is 11.8 Å². The normalized spacial score (nSPS) is 10.9. The molecule has 0 aromatic carbocycles. The minimum absolute atomic E-state index is 0.121. The second kappa shape index (κ2) is 9.94. The molecule has 3 aromatic heterocycles. The SMILES string of the molecule is CC(=O)SCc1ccc(CN(Cc2ccccn2)Cc2ccccn2)nc1. The van der Waals surface area contributed by atoms with Gasteiger partial charge in [-0.3, -0.25) is 24.6 Å². The molecule has 3 heterocycles. The van der Waals surface area contributed by atoms with E-state index in [4.69, 9.17) is 0 Å². The molecule has 0 bridgehead atoms. The van der Waals surface area contributed by atoms with Gasteiger partial charge in [-0.1, -0.05) is 30.0 Å². The molecule has 3 aromatic rings. The Labute approximate surface area is 163 Å². The van der Waals surface area contributed by atoms with Crippen molar-refractivity contribution in [1.29, 1.82) is 0 Å². The quantitative estimate of drug-likeness (QED) is 0.593. The molecule has 138 valence electrons. The van der Waals surface area contributed by atoms with Crippen LogP contribution in [0, 0.1) is 0 Å². The summed E-state index contributed by atoms with van der Waals surface area (Å²) in [7, 11) is 0. The van der Waals surface area contributed by atoms with Gasteiger partial charge in [-0.15, -0.1) is 0 Å². The van der Waals surface area contributed by atoms with Crippen molar-refractivity contribution in [2.45, 2.75) is 32.3 Å². The maximum atomic E-state index is 11.1. The second-order valence-electron chi connectivity index (χ2n) is 6.23. The largest absolute Gasteiger partial charge is 0.288 e. The van der Waals surface area contributed by atoms with Gasteiger partial charge >= 0.3 is 0 Å². The standard InChI is InChI=1S/C21H22N4OS/c1-17(26)27-16-18-8-9-21(24-12-18)15-25(13-19-6-2-4-10-22-19)14-20-7-3-5-11-23-20/h2-12H,13-16H2,1H3. The predicted octanol–water partition coefficient (Wildman–Crippen LogP) is 3.85. The van der Waals surface area contributed by atoms with Gasteiger partial charge in [0.25, 0.3) is 0 Å². The lowest BCUT2D eigenvalue weighted by molar-refractivity contribution is -0.109. The summed E-state index contributed by atoms with van der Waals surface area (Å²) >= 11 is 1.30. The number of nitrogens with zero attached hydrogens (tertiary/aromatic N) is 4. The molecule has 0 fully saturated rings. The molecule has 0 saturated heterocycles. The molecule has 0 spiro atoms. The highest BCUT2D eigenvalue weighted by Gasteiger charge is 2.11. The van der Waals surface area contributed by atoms with E-state index in [0.717, 1.165) is 35.7 Å². The van der Waals surface area contributed by atoms with E-state index >= 15 is 0 Å². The average Bonchev–Trinajstić information content (AvgIpc) is 2.69. The van der Waals surface area contributed by atoms with Crippen molar-refractivity contribution in [3.8, 4) is 0 Å². The molecule has 0 aliphatic rings. The third-order valence-corrected chi connectivity index (χ3v) is 4.82. The minimum Gasteiger partial charge on any atom is -0.288 e. The lowest BCUT2D eigenvalue weighted by Crippen LogP contribution is -2.24. The fraction of sp³-hybridized carbons (Fsp3) is 0.238. The molecule has 0 aliphatic carbocycles. The van der Waals surface area contributed by atoms with Crippen LogP contribution in [0.3, 0.4) is 0 Å². The third kappa shape index (κ3) is 6.58. The van der Waals surface area contributed by atoms with E-state index < -0.39 is 0 Å². The van der Waals surface area contributed by atoms with Crippen LogP contribution in [0.2, 0.25) is 0 Å². The minimum atomic E-state index is 0.121. The highest BCUT2D eigenvalue weighted by Crippen LogP contribution is 2.14. The number of rotatable bonds is 8. The predicted molar refractivity (Wildman–Crippen MR) is 108 cm³/mol. The maximum Gasteiger partial charge on any atom is 0.186 e. The van der Waals surface area contributed by atoms with Gasteiger partial charge < -0.3 is 0 Å². The summed E-state index contributed by atoms with van der Waals surface area (Å²) in [5.74, 6) is 0.661. The van der Waals surface area contributed by atoms with Gasteiger partial charge in [0.15, 0.2) is 5.12 Å². The zero-order valence-electron chi connectivity index (χ0n) is 15.3. The van der Waals surface area contributed by atoms with Crippen LogP contribution in [-0.4, -0.2) is 25.0 Å². The lowest BCUT2D eigenvalue weighted by atomic mass is 10.2. The topological polar surface area (TPSA) is 59.0 Å². The maximum absolute atomic E-state index is 11.1. The molecule has 6 heteroatoms. The third-order valence-electron chi connectivity index (χ3n) is 3.94. The highest BCUT2D eigenvalue weighted by molar-refractivity contribution is 8.12. The number of hydrogen-bond donors (Lipinski definition) is 0. The van der Waals surface area contributed by atoms with Crippen molar-refractivity contribution in [2.24, 2.45) is 0 Å². The van der Waals surface area contributed by atoms with Gasteiger partial charge in [0, 0.05) is 50.9 Å². The number of hydrogen-bond acceptors (Lipinski definition) is 6. The first-order valence-corrected chi connectivity index (χ1v) is 9.77. The van der Waals surface area contributed by atoms with E-state index in [0.29, 0.717) is 12.3 Å². The van der Waals surface area contributed by atoms with Crippen LogP contribution in [0.1, 0.15) is 29.6 Å². The van der Waals surface area contributed by atoms with E-state index in [-0.39, 0.29) is 5.12 Å². The first kappa shape index (κ1) is 19.2. The molecular weight excluding hydrogens is 356 g/mol. The molecule has 27 heavy (non-hydrogen) atoms. The van der Waals surface area contributed by atoms with Gasteiger partial charge in [-0.2, -0.15) is 0 Å². The van der Waals surface area contributed by atoms with Crippen molar-refractivity contribution in [1.82, 2.24) is 19.9 Å². The summed E-state index contributed by atoms with van der Waals surface area (Å²) in [6, 6.07) is 16.0. The fourth-order valence-corrected chi connectivity index (χ4v) is 3.20. The van der Waals surface area contributed by atoms with Crippen LogP contribution in [0.5, 0.6) is 0 Å². The highest BCUT2D eigenvalue weighted by atomic mass is 32.2. The molecule has 0 radical (unpaired) electrons. The molecular formula is C21H22N4OS. The van der Waals surface area contributed by atoms with Crippen molar-refractivity contribution < 1.29 is 4.79 Å². The summed E-state index contributed by atoms with van der Waals surface area (Å²) in [6.45, 7) is 3.73. The smallest absolute Gasteiger partial charge is 0.186 e. The first-order valence-electron chi connectivity index (χ1n) is 8.78. The second-order valence-corrected chi connectivity index (χ2v) is 7.38. The summed E-state index contributed by atoms with van der Waals surface area (Å²) in [5, 5.41) is 0.121. The van der Waals surface area contributed by atoms with E-state index in [9.17, 15) is 4.79 Å². The average molecular weight is 379 g/mol. The van der Waals surface area contributed by atoms with Gasteiger partial charge in [-0.25, -0.2) is 0 Å². The van der Waals surface area contributed by atoms with Crippen LogP contribution < -0.4 is 0 Å². The van der Waals surface area contributed by atoms with Crippen LogP contribution >= 0.6 is 11.8 Å². The summed E-state index contributed by atoms with van der Waals surface area (Å²) in [4.78, 5) is 26.8. The first-order chi connectivity index (χ1) is 13.2.